The fraction of sp³-hybridized carbons (Fsp3) is 0.375. The molecule has 10 heteroatoms. The molecule has 2 amide bonds. The molecule has 224 valence electrons. The summed E-state index contributed by atoms with van der Waals surface area (Å²) in [6.07, 6.45) is 4.11. The molecule has 0 aliphatic rings. The van der Waals surface area contributed by atoms with Gasteiger partial charge in [-0.2, -0.15) is 4.90 Å². The van der Waals surface area contributed by atoms with Gasteiger partial charge in [0.1, 0.15) is 17.0 Å². The second-order valence-electron chi connectivity index (χ2n) is 12.1. The summed E-state index contributed by atoms with van der Waals surface area (Å²) in [7, 11) is 0. The quantitative estimate of drug-likeness (QED) is 0.312. The Hall–Kier alpha value is -4.34. The van der Waals surface area contributed by atoms with Crippen molar-refractivity contribution in [2.45, 2.75) is 79.9 Å². The van der Waals surface area contributed by atoms with E-state index in [0.29, 0.717) is 21.7 Å². The largest absolute Gasteiger partial charge is 0.443 e. The number of pyridine rings is 2. The van der Waals surface area contributed by atoms with Gasteiger partial charge in [-0.3, -0.25) is 4.98 Å². The number of hydrogen-bond acceptors (Lipinski definition) is 7. The van der Waals surface area contributed by atoms with Crippen LogP contribution in [-0.4, -0.2) is 33.4 Å². The molecule has 0 unspecified atom stereocenters. The highest BCUT2D eigenvalue weighted by Crippen LogP contribution is 2.29. The third kappa shape index (κ3) is 8.58. The second-order valence-corrected chi connectivity index (χ2v) is 12.1. The summed E-state index contributed by atoms with van der Waals surface area (Å²) in [5.41, 5.74) is 2.18. The van der Waals surface area contributed by atoms with Crippen molar-refractivity contribution in [2.75, 3.05) is 10.2 Å². The molecule has 0 bridgehead atoms. The Balaban J connectivity index is 1.95. The molecular weight excluding hydrogens is 542 g/mol. The van der Waals surface area contributed by atoms with Gasteiger partial charge in [0.15, 0.2) is 11.6 Å². The summed E-state index contributed by atoms with van der Waals surface area (Å²) in [6, 6.07) is 6.34. The van der Waals surface area contributed by atoms with E-state index in [-0.39, 0.29) is 17.7 Å². The number of carbonyl (C=O) groups is 2. The molecular formula is C32H38F2N4O4. The first-order valence-corrected chi connectivity index (χ1v) is 13.5. The number of benzene rings is 1. The van der Waals surface area contributed by atoms with Gasteiger partial charge < -0.3 is 14.8 Å². The number of carbonyl (C=O) groups excluding carboxylic acids is 2. The fourth-order valence-electron chi connectivity index (χ4n) is 3.91. The summed E-state index contributed by atoms with van der Waals surface area (Å²) in [4.78, 5) is 34.8. The number of nitrogens with zero attached hydrogens (tertiary/aromatic N) is 3. The Bertz CT molecular complexity index is 1480. The molecule has 0 aliphatic carbocycles. The number of amides is 2. The van der Waals surface area contributed by atoms with Crippen molar-refractivity contribution in [3.05, 3.63) is 82.3 Å². The summed E-state index contributed by atoms with van der Waals surface area (Å²) in [6.45, 7) is 15.4. The normalized spacial score (nSPS) is 11.5. The molecule has 3 rings (SSSR count). The first-order valence-electron chi connectivity index (χ1n) is 13.5. The maximum Gasteiger partial charge on any atom is 0.425 e. The second kappa shape index (κ2) is 12.7. The van der Waals surface area contributed by atoms with E-state index < -0.39 is 40.8 Å². The van der Waals surface area contributed by atoms with E-state index in [1.807, 2.05) is 26.8 Å². The minimum absolute atomic E-state index is 0.0498. The predicted molar refractivity (Wildman–Crippen MR) is 160 cm³/mol. The molecule has 2 heterocycles. The zero-order valence-electron chi connectivity index (χ0n) is 25.6. The van der Waals surface area contributed by atoms with Crippen molar-refractivity contribution in [3.63, 3.8) is 0 Å². The van der Waals surface area contributed by atoms with Gasteiger partial charge in [0.25, 0.3) is 0 Å². The standard InChI is InChI=1S/C32H38F2N4O4/c1-19(2)14-21-10-11-25(24(33)15-21)37-26-18-35-17-23(20(26)3)16-22-12-13-36-28(27(22)34)38(29(39)41-31(4,5)6)30(40)42-32(7,8)9/h10-15,17-18,37H,16H2,1-9H3. The average Bonchev–Trinajstić information content (AvgIpc) is 2.83. The summed E-state index contributed by atoms with van der Waals surface area (Å²) in [5, 5.41) is 3.07. The molecule has 0 atom stereocenters. The number of aromatic nitrogens is 2. The van der Waals surface area contributed by atoms with Gasteiger partial charge in [-0.05, 0) is 103 Å². The highest BCUT2D eigenvalue weighted by Gasteiger charge is 2.36. The number of halogens is 2. The molecule has 0 fully saturated rings. The third-order valence-electron chi connectivity index (χ3n) is 5.73. The van der Waals surface area contributed by atoms with Crippen molar-refractivity contribution in [1.29, 1.82) is 0 Å². The Morgan fingerprint density at radius 3 is 2.10 bits per heavy atom. The van der Waals surface area contributed by atoms with Gasteiger partial charge in [0.05, 0.1) is 17.6 Å². The van der Waals surface area contributed by atoms with Crippen LogP contribution in [0.15, 0.2) is 48.4 Å². The lowest BCUT2D eigenvalue weighted by Gasteiger charge is -2.28. The van der Waals surface area contributed by atoms with E-state index >= 15 is 4.39 Å². The SMILES string of the molecule is CC(C)=Cc1ccc(Nc2cncc(Cc3ccnc(N(C(=O)OC(C)(C)C)C(=O)OC(C)(C)C)c3F)c2C)c(F)c1. The van der Waals surface area contributed by atoms with Gasteiger partial charge in [0.2, 0.25) is 0 Å². The lowest BCUT2D eigenvalue weighted by Crippen LogP contribution is -2.44. The molecule has 8 nitrogen and oxygen atoms in total. The average molecular weight is 581 g/mol. The van der Waals surface area contributed by atoms with Gasteiger partial charge in [-0.25, -0.2) is 23.4 Å². The number of nitrogens with one attached hydrogen (secondary N) is 1. The van der Waals surface area contributed by atoms with Crippen molar-refractivity contribution >= 4 is 35.5 Å². The van der Waals surface area contributed by atoms with Gasteiger partial charge in [0, 0.05) is 18.8 Å². The van der Waals surface area contributed by atoms with E-state index in [2.05, 4.69) is 15.3 Å². The number of rotatable bonds is 6. The molecule has 3 aromatic rings. The summed E-state index contributed by atoms with van der Waals surface area (Å²) < 4.78 is 41.5. The van der Waals surface area contributed by atoms with E-state index in [1.165, 1.54) is 18.3 Å². The third-order valence-corrected chi connectivity index (χ3v) is 5.73. The van der Waals surface area contributed by atoms with Crippen LogP contribution in [0.25, 0.3) is 6.08 Å². The molecule has 42 heavy (non-hydrogen) atoms. The van der Waals surface area contributed by atoms with Crippen LogP contribution in [0.3, 0.4) is 0 Å². The summed E-state index contributed by atoms with van der Waals surface area (Å²) >= 11 is 0. The number of hydrogen-bond donors (Lipinski definition) is 1. The van der Waals surface area contributed by atoms with Crippen molar-refractivity contribution in [1.82, 2.24) is 9.97 Å². The highest BCUT2D eigenvalue weighted by molar-refractivity contribution is 6.08. The monoisotopic (exact) mass is 580 g/mol. The molecule has 0 aliphatic heterocycles. The molecule has 0 spiro atoms. The lowest BCUT2D eigenvalue weighted by atomic mass is 10.0. The van der Waals surface area contributed by atoms with Crippen LogP contribution in [0.1, 0.15) is 77.6 Å². The molecule has 1 aromatic carbocycles. The maximum atomic E-state index is 15.9. The number of allylic oxidation sites excluding steroid dienone is 1. The lowest BCUT2D eigenvalue weighted by molar-refractivity contribution is 0.0427. The Morgan fingerprint density at radius 2 is 1.55 bits per heavy atom. The molecule has 2 aromatic heterocycles. The van der Waals surface area contributed by atoms with Crippen LogP contribution < -0.4 is 10.2 Å². The van der Waals surface area contributed by atoms with Crippen molar-refractivity contribution in [2.24, 2.45) is 0 Å². The van der Waals surface area contributed by atoms with Gasteiger partial charge >= 0.3 is 12.2 Å². The first-order chi connectivity index (χ1) is 19.4. The van der Waals surface area contributed by atoms with E-state index in [4.69, 9.17) is 9.47 Å². The van der Waals surface area contributed by atoms with Crippen LogP contribution in [0.4, 0.5) is 35.6 Å². The zero-order chi connectivity index (χ0) is 31.4. The van der Waals surface area contributed by atoms with Crippen LogP contribution in [-0.2, 0) is 15.9 Å². The van der Waals surface area contributed by atoms with Crippen LogP contribution >= 0.6 is 0 Å². The van der Waals surface area contributed by atoms with Gasteiger partial charge in [-0.15, -0.1) is 0 Å². The minimum Gasteiger partial charge on any atom is -0.443 e. The zero-order valence-corrected chi connectivity index (χ0v) is 25.6. The Kier molecular flexibility index (Phi) is 9.71. The van der Waals surface area contributed by atoms with E-state index in [1.54, 1.807) is 66.1 Å². The topological polar surface area (TPSA) is 93.7 Å². The van der Waals surface area contributed by atoms with Crippen LogP contribution in [0.2, 0.25) is 0 Å². The molecule has 0 radical (unpaired) electrons. The van der Waals surface area contributed by atoms with E-state index in [9.17, 15) is 14.0 Å². The maximum absolute atomic E-state index is 15.9. The van der Waals surface area contributed by atoms with Crippen molar-refractivity contribution < 1.29 is 27.8 Å². The minimum atomic E-state index is -1.12. The van der Waals surface area contributed by atoms with Gasteiger partial charge in [-0.1, -0.05) is 17.7 Å². The predicted octanol–water partition coefficient (Wildman–Crippen LogP) is 8.50. The molecule has 0 saturated carbocycles. The smallest absolute Gasteiger partial charge is 0.425 e. The highest BCUT2D eigenvalue weighted by atomic mass is 19.1. The summed E-state index contributed by atoms with van der Waals surface area (Å²) in [5.74, 6) is -1.87. The fourth-order valence-corrected chi connectivity index (χ4v) is 3.91. The number of anilines is 3. The van der Waals surface area contributed by atoms with E-state index in [0.717, 1.165) is 11.1 Å². The Labute approximate surface area is 245 Å². The van der Waals surface area contributed by atoms with Crippen LogP contribution in [0.5, 0.6) is 0 Å². The molecule has 0 saturated heterocycles. The van der Waals surface area contributed by atoms with Crippen LogP contribution in [0, 0.1) is 18.6 Å². The first kappa shape index (κ1) is 32.2. The molecule has 1 N–H and O–H groups in total. The van der Waals surface area contributed by atoms with Crippen molar-refractivity contribution in [3.8, 4) is 0 Å². The number of ether oxygens (including phenoxy) is 2. The Morgan fingerprint density at radius 1 is 0.929 bits per heavy atom. The number of imide groups is 1.